The number of nitrogens with zero attached hydrogens (tertiary/aromatic N) is 2. The molecule has 0 unspecified atom stereocenters. The molecule has 2 heterocycles. The van der Waals surface area contributed by atoms with Gasteiger partial charge in [-0.05, 0) is 42.7 Å². The van der Waals surface area contributed by atoms with Crippen molar-refractivity contribution in [1.82, 2.24) is 10.2 Å². The number of nitrogens with one attached hydrogen (secondary N) is 1. The highest BCUT2D eigenvalue weighted by atomic mass is 16.5. The van der Waals surface area contributed by atoms with Crippen LogP contribution in [0, 0.1) is 5.92 Å². The Morgan fingerprint density at radius 1 is 1.07 bits per heavy atom. The molecule has 0 aliphatic carbocycles. The first kappa shape index (κ1) is 20.4. The van der Waals surface area contributed by atoms with Gasteiger partial charge in [0.25, 0.3) is 0 Å². The van der Waals surface area contributed by atoms with Crippen LogP contribution in [0.1, 0.15) is 24.8 Å². The molecule has 2 aliphatic heterocycles. The van der Waals surface area contributed by atoms with Crippen LogP contribution in [-0.4, -0.2) is 49.5 Å². The fraction of sp³-hybridized carbons (Fsp3) is 0.417. The number of methoxy groups -OCH3 is 1. The minimum absolute atomic E-state index is 0.000807. The maximum atomic E-state index is 12.8. The number of hydrogen-bond acceptors (Lipinski definition) is 4. The Balaban J connectivity index is 1.26. The van der Waals surface area contributed by atoms with Crippen LogP contribution < -0.4 is 15.0 Å². The SMILES string of the molecule is COc1ccc(N2C[C@H](C(=O)NC3CCN(Cc4ccccc4)CC3)CC2=O)cc1. The van der Waals surface area contributed by atoms with Gasteiger partial charge in [-0.1, -0.05) is 30.3 Å². The molecule has 30 heavy (non-hydrogen) atoms. The van der Waals surface area contributed by atoms with E-state index in [2.05, 4.69) is 34.5 Å². The molecule has 2 aliphatic rings. The Kier molecular flexibility index (Phi) is 6.33. The van der Waals surface area contributed by atoms with E-state index in [9.17, 15) is 9.59 Å². The summed E-state index contributed by atoms with van der Waals surface area (Å²) in [5.74, 6) is 0.458. The fourth-order valence-corrected chi connectivity index (χ4v) is 4.29. The molecule has 2 aromatic rings. The van der Waals surface area contributed by atoms with Gasteiger partial charge in [-0.2, -0.15) is 0 Å². The van der Waals surface area contributed by atoms with Crippen LogP contribution in [0.25, 0.3) is 0 Å². The van der Waals surface area contributed by atoms with E-state index in [1.165, 1.54) is 5.56 Å². The maximum Gasteiger partial charge on any atom is 0.227 e. The largest absolute Gasteiger partial charge is 0.497 e. The first-order chi connectivity index (χ1) is 14.6. The normalized spacial score (nSPS) is 20.4. The average Bonchev–Trinajstić information content (AvgIpc) is 3.18. The highest BCUT2D eigenvalue weighted by molar-refractivity contribution is 6.00. The smallest absolute Gasteiger partial charge is 0.227 e. The van der Waals surface area contributed by atoms with Crippen LogP contribution in [0.4, 0.5) is 5.69 Å². The number of carbonyl (C=O) groups excluding carboxylic acids is 2. The number of likely N-dealkylation sites (tertiary alicyclic amines) is 1. The molecule has 0 bridgehead atoms. The Morgan fingerprint density at radius 2 is 1.77 bits per heavy atom. The molecular weight excluding hydrogens is 378 g/mol. The third-order valence-electron chi connectivity index (χ3n) is 6.06. The van der Waals surface area contributed by atoms with Gasteiger partial charge >= 0.3 is 0 Å². The summed E-state index contributed by atoms with van der Waals surface area (Å²) in [7, 11) is 1.61. The fourth-order valence-electron chi connectivity index (χ4n) is 4.29. The van der Waals surface area contributed by atoms with Crippen molar-refractivity contribution in [1.29, 1.82) is 0 Å². The zero-order chi connectivity index (χ0) is 20.9. The number of rotatable bonds is 6. The molecule has 0 saturated carbocycles. The minimum Gasteiger partial charge on any atom is -0.497 e. The first-order valence-electron chi connectivity index (χ1n) is 10.6. The van der Waals surface area contributed by atoms with Crippen molar-refractivity contribution in [3.63, 3.8) is 0 Å². The van der Waals surface area contributed by atoms with E-state index >= 15 is 0 Å². The predicted molar refractivity (Wildman–Crippen MR) is 116 cm³/mol. The van der Waals surface area contributed by atoms with Crippen LogP contribution in [0.3, 0.4) is 0 Å². The number of carbonyl (C=O) groups is 2. The van der Waals surface area contributed by atoms with Crippen molar-refractivity contribution >= 4 is 17.5 Å². The topological polar surface area (TPSA) is 61.9 Å². The second-order valence-electron chi connectivity index (χ2n) is 8.15. The number of anilines is 1. The molecule has 6 nitrogen and oxygen atoms in total. The Hall–Kier alpha value is -2.86. The quantitative estimate of drug-likeness (QED) is 0.800. The number of piperidine rings is 1. The summed E-state index contributed by atoms with van der Waals surface area (Å²) in [5, 5.41) is 3.19. The minimum atomic E-state index is -0.290. The van der Waals surface area contributed by atoms with Crippen molar-refractivity contribution in [3.05, 3.63) is 60.2 Å². The Labute approximate surface area is 177 Å². The molecule has 2 amide bonds. The van der Waals surface area contributed by atoms with Gasteiger partial charge in [0.1, 0.15) is 5.75 Å². The van der Waals surface area contributed by atoms with Gasteiger partial charge in [0, 0.05) is 44.3 Å². The molecular formula is C24H29N3O3. The van der Waals surface area contributed by atoms with E-state index in [1.54, 1.807) is 12.0 Å². The van der Waals surface area contributed by atoms with Crippen LogP contribution in [0.5, 0.6) is 5.75 Å². The van der Waals surface area contributed by atoms with Crippen LogP contribution in [0.15, 0.2) is 54.6 Å². The van der Waals surface area contributed by atoms with Crippen molar-refractivity contribution < 1.29 is 14.3 Å². The molecule has 1 atom stereocenters. The van der Waals surface area contributed by atoms with Crippen LogP contribution in [-0.2, 0) is 16.1 Å². The highest BCUT2D eigenvalue weighted by Crippen LogP contribution is 2.27. The van der Waals surface area contributed by atoms with Gasteiger partial charge in [-0.3, -0.25) is 14.5 Å². The molecule has 0 radical (unpaired) electrons. The summed E-state index contributed by atoms with van der Waals surface area (Å²) in [6.45, 7) is 3.34. The lowest BCUT2D eigenvalue weighted by molar-refractivity contribution is -0.127. The monoisotopic (exact) mass is 407 g/mol. The second-order valence-corrected chi connectivity index (χ2v) is 8.15. The molecule has 158 valence electrons. The molecule has 2 saturated heterocycles. The molecule has 2 fully saturated rings. The number of hydrogen-bond donors (Lipinski definition) is 1. The summed E-state index contributed by atoms with van der Waals surface area (Å²) in [4.78, 5) is 29.4. The van der Waals surface area contributed by atoms with Gasteiger partial charge in [0.2, 0.25) is 11.8 Å². The summed E-state index contributed by atoms with van der Waals surface area (Å²) in [6.07, 6.45) is 2.16. The van der Waals surface area contributed by atoms with Crippen molar-refractivity contribution in [2.24, 2.45) is 5.92 Å². The lowest BCUT2D eigenvalue weighted by Gasteiger charge is -2.32. The van der Waals surface area contributed by atoms with E-state index in [0.29, 0.717) is 6.54 Å². The third kappa shape index (κ3) is 4.82. The zero-order valence-electron chi connectivity index (χ0n) is 17.4. The number of amides is 2. The van der Waals surface area contributed by atoms with E-state index < -0.39 is 0 Å². The highest BCUT2D eigenvalue weighted by Gasteiger charge is 2.36. The van der Waals surface area contributed by atoms with E-state index in [1.807, 2.05) is 30.3 Å². The summed E-state index contributed by atoms with van der Waals surface area (Å²) in [6, 6.07) is 18.1. The molecule has 4 rings (SSSR count). The van der Waals surface area contributed by atoms with Gasteiger partial charge in [0.05, 0.1) is 13.0 Å². The second kappa shape index (κ2) is 9.30. The van der Waals surface area contributed by atoms with Gasteiger partial charge in [0.15, 0.2) is 0 Å². The van der Waals surface area contributed by atoms with E-state index in [0.717, 1.165) is 43.9 Å². The Morgan fingerprint density at radius 3 is 2.43 bits per heavy atom. The zero-order valence-corrected chi connectivity index (χ0v) is 17.4. The standard InChI is InChI=1S/C24H29N3O3/c1-30-22-9-7-21(8-10-22)27-17-19(15-23(27)28)24(29)25-20-11-13-26(14-12-20)16-18-5-3-2-4-6-18/h2-10,19-20H,11-17H2,1H3,(H,25,29)/t19-/m1/s1. The molecule has 1 N–H and O–H groups in total. The van der Waals surface area contributed by atoms with E-state index in [-0.39, 0.29) is 30.2 Å². The van der Waals surface area contributed by atoms with Crippen LogP contribution in [0.2, 0.25) is 0 Å². The van der Waals surface area contributed by atoms with E-state index in [4.69, 9.17) is 4.74 Å². The molecule has 6 heteroatoms. The summed E-state index contributed by atoms with van der Waals surface area (Å²) < 4.78 is 5.17. The molecule has 0 spiro atoms. The summed E-state index contributed by atoms with van der Waals surface area (Å²) in [5.41, 5.74) is 2.13. The lowest BCUT2D eigenvalue weighted by Crippen LogP contribution is -2.46. The van der Waals surface area contributed by atoms with Crippen molar-refractivity contribution in [2.45, 2.75) is 31.8 Å². The third-order valence-corrected chi connectivity index (χ3v) is 6.06. The maximum absolute atomic E-state index is 12.8. The molecule has 0 aromatic heterocycles. The van der Waals surface area contributed by atoms with Gasteiger partial charge in [-0.15, -0.1) is 0 Å². The lowest BCUT2D eigenvalue weighted by atomic mass is 10.0. The van der Waals surface area contributed by atoms with Crippen LogP contribution >= 0.6 is 0 Å². The number of ether oxygens (including phenoxy) is 1. The molecule has 2 aromatic carbocycles. The number of benzene rings is 2. The summed E-state index contributed by atoms with van der Waals surface area (Å²) >= 11 is 0. The van der Waals surface area contributed by atoms with Crippen molar-refractivity contribution in [3.8, 4) is 5.75 Å². The Bertz CT molecular complexity index is 861. The van der Waals surface area contributed by atoms with Gasteiger partial charge in [-0.25, -0.2) is 0 Å². The average molecular weight is 408 g/mol. The van der Waals surface area contributed by atoms with Crippen molar-refractivity contribution in [2.75, 3.05) is 31.6 Å². The first-order valence-corrected chi connectivity index (χ1v) is 10.6. The van der Waals surface area contributed by atoms with Gasteiger partial charge < -0.3 is 15.0 Å². The predicted octanol–water partition coefficient (Wildman–Crippen LogP) is 2.83.